The Bertz CT molecular complexity index is 1260. The third-order valence-electron chi connectivity index (χ3n) is 5.11. The first-order valence-corrected chi connectivity index (χ1v) is 10.5. The second-order valence-electron chi connectivity index (χ2n) is 7.43. The lowest BCUT2D eigenvalue weighted by atomic mass is 10.1. The molecule has 0 spiro atoms. The molecule has 2 aromatic carbocycles. The number of hydrogen-bond donors (Lipinski definition) is 1. The largest absolute Gasteiger partial charge is 0.481 e. The number of nitrogens with zero attached hydrogens (tertiary/aromatic N) is 3. The molecule has 0 unspecified atom stereocenters. The van der Waals surface area contributed by atoms with Gasteiger partial charge in [0, 0.05) is 48.0 Å². The van der Waals surface area contributed by atoms with Gasteiger partial charge < -0.3 is 14.2 Å². The molecule has 0 saturated heterocycles. The summed E-state index contributed by atoms with van der Waals surface area (Å²) in [6.07, 6.45) is 5.27. The molecule has 4 aromatic rings. The van der Waals surface area contributed by atoms with Gasteiger partial charge in [0.15, 0.2) is 5.76 Å². The van der Waals surface area contributed by atoms with E-state index in [2.05, 4.69) is 33.5 Å². The molecule has 0 bridgehead atoms. The van der Waals surface area contributed by atoms with E-state index in [1.165, 1.54) is 0 Å². The van der Waals surface area contributed by atoms with Crippen molar-refractivity contribution in [2.45, 2.75) is 32.7 Å². The summed E-state index contributed by atoms with van der Waals surface area (Å²) in [7, 11) is 0. The normalized spacial score (nSPS) is 10.5. The minimum Gasteiger partial charge on any atom is -0.481 e. The fourth-order valence-electron chi connectivity index (χ4n) is 3.36. The van der Waals surface area contributed by atoms with E-state index in [0.717, 1.165) is 46.0 Å². The van der Waals surface area contributed by atoms with Crippen LogP contribution < -0.4 is 0 Å². The van der Waals surface area contributed by atoms with Gasteiger partial charge in [-0.2, -0.15) is 0 Å². The first kappa shape index (κ1) is 21.1. The van der Waals surface area contributed by atoms with Gasteiger partial charge in [0.2, 0.25) is 0 Å². The van der Waals surface area contributed by atoms with Crippen molar-refractivity contribution in [3.8, 4) is 23.2 Å². The number of aliphatic carboxylic acids is 1. The third-order valence-corrected chi connectivity index (χ3v) is 5.11. The van der Waals surface area contributed by atoms with Crippen LogP contribution in [0.15, 0.2) is 71.5 Å². The summed E-state index contributed by atoms with van der Waals surface area (Å²) in [5, 5.41) is 13.0. The Morgan fingerprint density at radius 3 is 2.41 bits per heavy atom. The number of hydrogen-bond acceptors (Lipinski definition) is 4. The Labute approximate surface area is 186 Å². The van der Waals surface area contributed by atoms with Gasteiger partial charge in [-0.05, 0) is 48.4 Å². The maximum Gasteiger partial charge on any atom is 0.303 e. The fourth-order valence-corrected chi connectivity index (χ4v) is 3.36. The second kappa shape index (κ2) is 9.80. The first-order valence-electron chi connectivity index (χ1n) is 10.5. The van der Waals surface area contributed by atoms with E-state index in [9.17, 15) is 4.79 Å². The van der Waals surface area contributed by atoms with Gasteiger partial charge in [-0.25, -0.2) is 4.98 Å². The lowest BCUT2D eigenvalue weighted by molar-refractivity contribution is -0.136. The molecule has 0 atom stereocenters. The Hall–Kier alpha value is -4.11. The third kappa shape index (κ3) is 5.32. The van der Waals surface area contributed by atoms with Crippen LogP contribution in [0.3, 0.4) is 0 Å². The predicted octanol–water partition coefficient (Wildman–Crippen LogP) is 4.57. The van der Waals surface area contributed by atoms with Crippen LogP contribution in [0.25, 0.3) is 11.3 Å². The van der Waals surface area contributed by atoms with E-state index in [0.29, 0.717) is 13.0 Å². The Morgan fingerprint density at radius 1 is 1.06 bits per heavy atom. The van der Waals surface area contributed by atoms with Gasteiger partial charge in [-0.1, -0.05) is 36.1 Å². The smallest absolute Gasteiger partial charge is 0.303 e. The summed E-state index contributed by atoms with van der Waals surface area (Å²) < 4.78 is 7.60. The van der Waals surface area contributed by atoms with Crippen LogP contribution in [0.2, 0.25) is 0 Å². The topological polar surface area (TPSA) is 81.2 Å². The predicted molar refractivity (Wildman–Crippen MR) is 121 cm³/mol. The molecular weight excluding hydrogens is 402 g/mol. The van der Waals surface area contributed by atoms with Crippen LogP contribution in [-0.2, 0) is 24.2 Å². The lowest BCUT2D eigenvalue weighted by Gasteiger charge is -2.02. The van der Waals surface area contributed by atoms with Crippen LogP contribution >= 0.6 is 0 Å². The molecule has 4 rings (SSSR count). The number of aromatic nitrogens is 3. The van der Waals surface area contributed by atoms with Crippen molar-refractivity contribution in [3.05, 3.63) is 95.2 Å². The SMILES string of the molecule is CCc1nccn1Cc1cc(-c2ccc(C#Cc3ccc(CCC(=O)O)cc3)cc2)on1. The van der Waals surface area contributed by atoms with Crippen molar-refractivity contribution in [1.29, 1.82) is 0 Å². The van der Waals surface area contributed by atoms with E-state index in [-0.39, 0.29) is 6.42 Å². The molecule has 1 N–H and O–H groups in total. The van der Waals surface area contributed by atoms with E-state index >= 15 is 0 Å². The van der Waals surface area contributed by atoms with Gasteiger partial charge in [-0.15, -0.1) is 0 Å². The van der Waals surface area contributed by atoms with Gasteiger partial charge in [0.1, 0.15) is 11.5 Å². The zero-order valence-corrected chi connectivity index (χ0v) is 17.8. The maximum absolute atomic E-state index is 10.7. The van der Waals surface area contributed by atoms with E-state index < -0.39 is 5.97 Å². The van der Waals surface area contributed by atoms with Crippen molar-refractivity contribution in [2.24, 2.45) is 0 Å². The zero-order chi connectivity index (χ0) is 22.3. The molecule has 6 nitrogen and oxygen atoms in total. The Balaban J connectivity index is 1.40. The van der Waals surface area contributed by atoms with Crippen molar-refractivity contribution >= 4 is 5.97 Å². The summed E-state index contributed by atoms with van der Waals surface area (Å²) in [6.45, 7) is 2.71. The molecule has 6 heteroatoms. The van der Waals surface area contributed by atoms with Crippen LogP contribution in [0.5, 0.6) is 0 Å². The van der Waals surface area contributed by atoms with Gasteiger partial charge in [-0.3, -0.25) is 4.79 Å². The summed E-state index contributed by atoms with van der Waals surface area (Å²) in [4.78, 5) is 15.0. The molecule has 0 radical (unpaired) electrons. The summed E-state index contributed by atoms with van der Waals surface area (Å²) >= 11 is 0. The molecule has 32 heavy (non-hydrogen) atoms. The van der Waals surface area contributed by atoms with Crippen molar-refractivity contribution in [2.75, 3.05) is 0 Å². The number of carbonyl (C=O) groups is 1. The average Bonchev–Trinajstić information content (AvgIpc) is 3.47. The number of rotatable bonds is 7. The fraction of sp³-hybridized carbons (Fsp3) is 0.192. The highest BCUT2D eigenvalue weighted by atomic mass is 16.5. The molecule has 0 saturated carbocycles. The highest BCUT2D eigenvalue weighted by molar-refractivity contribution is 5.67. The van der Waals surface area contributed by atoms with E-state index in [1.807, 2.05) is 60.8 Å². The zero-order valence-electron chi connectivity index (χ0n) is 17.8. The molecule has 0 amide bonds. The van der Waals surface area contributed by atoms with Gasteiger partial charge >= 0.3 is 5.97 Å². The van der Waals surface area contributed by atoms with Crippen LogP contribution in [0, 0.1) is 11.8 Å². The van der Waals surface area contributed by atoms with Gasteiger partial charge in [0.25, 0.3) is 0 Å². The molecule has 0 aliphatic rings. The molecule has 0 aliphatic carbocycles. The van der Waals surface area contributed by atoms with E-state index in [1.54, 1.807) is 6.20 Å². The molecule has 160 valence electrons. The minimum atomic E-state index is -0.789. The standard InChI is InChI=1S/C26H23N3O3/c1-2-25-27-15-16-29(25)18-23-17-24(32-28-23)22-12-9-21(10-13-22)8-5-19-3-6-20(7-4-19)11-14-26(30)31/h3-4,6-7,9-10,12-13,15-17H,2,11,14,18H2,1H3,(H,30,31). The average molecular weight is 425 g/mol. The van der Waals surface area contributed by atoms with Crippen molar-refractivity contribution in [3.63, 3.8) is 0 Å². The highest BCUT2D eigenvalue weighted by Crippen LogP contribution is 2.21. The molecule has 2 heterocycles. The number of carboxylic acids is 1. The Morgan fingerprint density at radius 2 is 1.75 bits per heavy atom. The summed E-state index contributed by atoms with van der Waals surface area (Å²) in [5.74, 6) is 7.25. The number of benzene rings is 2. The van der Waals surface area contributed by atoms with Gasteiger partial charge in [0.05, 0.1) is 6.54 Å². The van der Waals surface area contributed by atoms with Crippen molar-refractivity contribution in [1.82, 2.24) is 14.7 Å². The molecule has 2 aromatic heterocycles. The van der Waals surface area contributed by atoms with Crippen molar-refractivity contribution < 1.29 is 14.4 Å². The van der Waals surface area contributed by atoms with Crippen LogP contribution in [0.4, 0.5) is 0 Å². The minimum absolute atomic E-state index is 0.132. The number of imidazole rings is 1. The lowest BCUT2D eigenvalue weighted by Crippen LogP contribution is -2.03. The number of carboxylic acid groups (broad SMARTS) is 1. The second-order valence-corrected chi connectivity index (χ2v) is 7.43. The first-order chi connectivity index (χ1) is 15.6. The molecule has 0 fully saturated rings. The van der Waals surface area contributed by atoms with E-state index in [4.69, 9.17) is 9.63 Å². The Kier molecular flexibility index (Phi) is 6.47. The summed E-state index contributed by atoms with van der Waals surface area (Å²) in [6, 6.07) is 17.5. The molecular formula is C26H23N3O3. The monoisotopic (exact) mass is 425 g/mol. The summed E-state index contributed by atoms with van der Waals surface area (Å²) in [5.41, 5.74) is 4.57. The molecule has 0 aliphatic heterocycles. The quantitative estimate of drug-likeness (QED) is 0.439. The van der Waals surface area contributed by atoms with Crippen LogP contribution in [0.1, 0.15) is 41.6 Å². The maximum atomic E-state index is 10.7. The number of aryl methyl sites for hydroxylation is 2. The van der Waals surface area contributed by atoms with Crippen LogP contribution in [-0.4, -0.2) is 25.8 Å². The highest BCUT2D eigenvalue weighted by Gasteiger charge is 2.09.